The average Bonchev–Trinajstić information content (AvgIpc) is 2.98. The third-order valence-corrected chi connectivity index (χ3v) is 5.18. The van der Waals surface area contributed by atoms with E-state index in [1.165, 1.54) is 0 Å². The number of aliphatic carboxylic acids is 1. The summed E-state index contributed by atoms with van der Waals surface area (Å²) in [6, 6.07) is -0.143. The van der Waals surface area contributed by atoms with Crippen molar-refractivity contribution in [3.05, 3.63) is 0 Å². The van der Waals surface area contributed by atoms with Crippen molar-refractivity contribution >= 4 is 17.8 Å². The third-order valence-electron chi connectivity index (χ3n) is 5.18. The van der Waals surface area contributed by atoms with Gasteiger partial charge in [-0.15, -0.1) is 0 Å². The van der Waals surface area contributed by atoms with Crippen LogP contribution in [0.1, 0.15) is 52.9 Å². The number of quaternary nitrogens is 1. The summed E-state index contributed by atoms with van der Waals surface area (Å²) in [4.78, 5) is 39.9. The van der Waals surface area contributed by atoms with Gasteiger partial charge in [0.05, 0.1) is 5.41 Å². The molecule has 8 nitrogen and oxygen atoms in total. The van der Waals surface area contributed by atoms with Crippen LogP contribution >= 0.6 is 0 Å². The van der Waals surface area contributed by atoms with Crippen molar-refractivity contribution in [1.82, 2.24) is 16.0 Å². The van der Waals surface area contributed by atoms with Crippen molar-refractivity contribution in [1.29, 1.82) is 0 Å². The predicted octanol–water partition coefficient (Wildman–Crippen LogP) is 1.04. The third kappa shape index (κ3) is 7.46. The summed E-state index contributed by atoms with van der Waals surface area (Å²) < 4.78 is 5.44. The SMILES string of the molecule is CCC(CC(C)(CC(C)N1CCCC1=O)C(=O)OCCN(C)C)C(=O)[O-].[NH4+]. The summed E-state index contributed by atoms with van der Waals surface area (Å²) in [5, 5.41) is 11.4. The van der Waals surface area contributed by atoms with Gasteiger partial charge in [-0.3, -0.25) is 9.59 Å². The van der Waals surface area contributed by atoms with E-state index in [-0.39, 0.29) is 31.1 Å². The molecular weight excluding hydrogens is 350 g/mol. The van der Waals surface area contributed by atoms with E-state index in [0.29, 0.717) is 32.4 Å². The average molecular weight is 388 g/mol. The molecule has 0 saturated carbocycles. The monoisotopic (exact) mass is 387 g/mol. The summed E-state index contributed by atoms with van der Waals surface area (Å²) in [6.45, 7) is 6.96. The van der Waals surface area contributed by atoms with Crippen LogP contribution in [-0.2, 0) is 19.1 Å². The molecule has 1 aliphatic rings. The molecule has 3 unspecified atom stereocenters. The summed E-state index contributed by atoms with van der Waals surface area (Å²) in [5.74, 6) is -2.18. The fourth-order valence-corrected chi connectivity index (χ4v) is 3.58. The lowest BCUT2D eigenvalue weighted by molar-refractivity contribution is -0.312. The van der Waals surface area contributed by atoms with Crippen LogP contribution < -0.4 is 11.3 Å². The lowest BCUT2D eigenvalue weighted by atomic mass is 9.75. The number of carbonyl (C=O) groups excluding carboxylic acids is 3. The Morgan fingerprint density at radius 2 is 1.96 bits per heavy atom. The number of likely N-dealkylation sites (tertiary alicyclic amines) is 1. The van der Waals surface area contributed by atoms with Gasteiger partial charge in [-0.1, -0.05) is 6.92 Å². The summed E-state index contributed by atoms with van der Waals surface area (Å²) >= 11 is 0. The Labute approximate surface area is 162 Å². The maximum atomic E-state index is 12.8. The number of esters is 1. The Balaban J connectivity index is 0.00000676. The van der Waals surface area contributed by atoms with Crippen LogP contribution in [0.4, 0.5) is 0 Å². The molecule has 1 saturated heterocycles. The minimum atomic E-state index is -1.15. The van der Waals surface area contributed by atoms with Gasteiger partial charge in [0.15, 0.2) is 0 Å². The largest absolute Gasteiger partial charge is 0.550 e. The number of carbonyl (C=O) groups is 3. The van der Waals surface area contributed by atoms with Crippen LogP contribution in [0.15, 0.2) is 0 Å². The smallest absolute Gasteiger partial charge is 0.311 e. The molecule has 0 radical (unpaired) electrons. The lowest BCUT2D eigenvalue weighted by Gasteiger charge is -2.36. The van der Waals surface area contributed by atoms with E-state index in [1.54, 1.807) is 18.7 Å². The molecule has 3 atom stereocenters. The van der Waals surface area contributed by atoms with E-state index in [4.69, 9.17) is 4.74 Å². The molecular formula is C19H37N3O5. The van der Waals surface area contributed by atoms with Crippen molar-refractivity contribution in [3.63, 3.8) is 0 Å². The molecule has 4 N–H and O–H groups in total. The van der Waals surface area contributed by atoms with Crippen molar-refractivity contribution in [2.75, 3.05) is 33.8 Å². The van der Waals surface area contributed by atoms with Crippen LogP contribution in [0.5, 0.6) is 0 Å². The van der Waals surface area contributed by atoms with Crippen molar-refractivity contribution in [2.24, 2.45) is 11.3 Å². The minimum absolute atomic E-state index is 0. The normalized spacial score (nSPS) is 18.6. The standard InChI is InChI=1S/C19H34N2O5.H3N/c1-6-15(17(23)24)13-19(3,18(25)26-11-10-20(4)5)12-14(2)21-9-7-8-16(21)22;/h14-15H,6-13H2,1-5H3,(H,23,24);1H3. The first-order valence-electron chi connectivity index (χ1n) is 9.43. The lowest BCUT2D eigenvalue weighted by Crippen LogP contribution is -2.44. The molecule has 27 heavy (non-hydrogen) atoms. The molecule has 158 valence electrons. The maximum Gasteiger partial charge on any atom is 0.311 e. The summed E-state index contributed by atoms with van der Waals surface area (Å²) in [5.41, 5.74) is -0.977. The number of amides is 1. The highest BCUT2D eigenvalue weighted by molar-refractivity contribution is 5.79. The Morgan fingerprint density at radius 1 is 1.33 bits per heavy atom. The first kappa shape index (κ1) is 25.3. The second-order valence-corrected chi connectivity index (χ2v) is 7.87. The van der Waals surface area contributed by atoms with Crippen molar-refractivity contribution < 1.29 is 24.2 Å². The number of nitrogens with zero attached hydrogens (tertiary/aromatic N) is 2. The Hall–Kier alpha value is -1.67. The molecule has 0 bridgehead atoms. The van der Waals surface area contributed by atoms with Gasteiger partial charge in [-0.2, -0.15) is 0 Å². The van der Waals surface area contributed by atoms with E-state index in [2.05, 4.69) is 0 Å². The van der Waals surface area contributed by atoms with Gasteiger partial charge in [0.1, 0.15) is 6.61 Å². The van der Waals surface area contributed by atoms with Crippen molar-refractivity contribution in [3.8, 4) is 0 Å². The highest BCUT2D eigenvalue weighted by atomic mass is 16.5. The van der Waals surface area contributed by atoms with E-state index >= 15 is 0 Å². The molecule has 1 fully saturated rings. The maximum absolute atomic E-state index is 12.8. The molecule has 0 spiro atoms. The summed E-state index contributed by atoms with van der Waals surface area (Å²) in [7, 11) is 3.77. The first-order valence-corrected chi connectivity index (χ1v) is 9.43. The fraction of sp³-hybridized carbons (Fsp3) is 0.842. The number of hydrogen-bond donors (Lipinski definition) is 1. The quantitative estimate of drug-likeness (QED) is 0.528. The highest BCUT2D eigenvalue weighted by Gasteiger charge is 2.40. The molecule has 0 aromatic rings. The number of carboxylic acid groups (broad SMARTS) is 1. The van der Waals surface area contributed by atoms with Crippen LogP contribution in [0, 0.1) is 11.3 Å². The van der Waals surface area contributed by atoms with Gasteiger partial charge in [0, 0.05) is 31.5 Å². The van der Waals surface area contributed by atoms with Crippen molar-refractivity contribution in [2.45, 2.75) is 58.9 Å². The van der Waals surface area contributed by atoms with E-state index < -0.39 is 23.3 Å². The van der Waals surface area contributed by atoms with Crippen LogP contribution in [-0.4, -0.2) is 67.5 Å². The van der Waals surface area contributed by atoms with E-state index in [9.17, 15) is 19.5 Å². The summed E-state index contributed by atoms with van der Waals surface area (Å²) in [6.07, 6.45) is 2.27. The predicted molar refractivity (Wildman–Crippen MR) is 102 cm³/mol. The van der Waals surface area contributed by atoms with Crippen LogP contribution in [0.25, 0.3) is 0 Å². The Kier molecular flexibility index (Phi) is 10.5. The molecule has 1 aliphatic heterocycles. The number of carboxylic acids is 1. The second kappa shape index (κ2) is 11.2. The molecule has 0 aliphatic carbocycles. The van der Waals surface area contributed by atoms with Gasteiger partial charge in [-0.05, 0) is 59.5 Å². The van der Waals surface area contributed by atoms with Crippen LogP contribution in [0.2, 0.25) is 0 Å². The second-order valence-electron chi connectivity index (χ2n) is 7.87. The zero-order valence-electron chi connectivity index (χ0n) is 17.7. The zero-order chi connectivity index (χ0) is 19.9. The number of hydrogen-bond acceptors (Lipinski definition) is 6. The van der Waals surface area contributed by atoms with Gasteiger partial charge < -0.3 is 30.6 Å². The molecule has 1 rings (SSSR count). The molecule has 1 amide bonds. The van der Waals surface area contributed by atoms with Crippen LogP contribution in [0.3, 0.4) is 0 Å². The minimum Gasteiger partial charge on any atom is -0.550 e. The molecule has 8 heteroatoms. The van der Waals surface area contributed by atoms with Gasteiger partial charge in [0.2, 0.25) is 5.91 Å². The first-order chi connectivity index (χ1) is 12.1. The van der Waals surface area contributed by atoms with Gasteiger partial charge in [0.25, 0.3) is 0 Å². The molecule has 0 aromatic carbocycles. The molecule has 0 aromatic heterocycles. The zero-order valence-corrected chi connectivity index (χ0v) is 17.7. The Bertz CT molecular complexity index is 512. The van der Waals surface area contributed by atoms with E-state index in [0.717, 1.165) is 6.42 Å². The number of rotatable bonds is 11. The number of ether oxygens (including phenoxy) is 1. The number of likely N-dealkylation sites (N-methyl/N-ethyl adjacent to an activating group) is 1. The molecule has 1 heterocycles. The topological polar surface area (TPSA) is 126 Å². The van der Waals surface area contributed by atoms with E-state index in [1.807, 2.05) is 25.9 Å². The fourth-order valence-electron chi connectivity index (χ4n) is 3.58. The Morgan fingerprint density at radius 3 is 2.41 bits per heavy atom. The highest BCUT2D eigenvalue weighted by Crippen LogP contribution is 2.36. The van der Waals surface area contributed by atoms with Gasteiger partial charge >= 0.3 is 5.97 Å². The van der Waals surface area contributed by atoms with Gasteiger partial charge in [-0.25, -0.2) is 0 Å².